The van der Waals surface area contributed by atoms with E-state index in [1.165, 1.54) is 32.4 Å². The van der Waals surface area contributed by atoms with Crippen LogP contribution < -0.4 is 16.2 Å². The third-order valence-corrected chi connectivity index (χ3v) is 4.88. The molecule has 4 N–H and O–H groups in total. The molecule has 0 aliphatic carbocycles. The van der Waals surface area contributed by atoms with Gasteiger partial charge in [-0.2, -0.15) is 5.10 Å². The molecule has 2 aromatic rings. The number of hydrazine groups is 1. The third kappa shape index (κ3) is 6.04. The van der Waals surface area contributed by atoms with Gasteiger partial charge in [-0.25, -0.2) is 0 Å². The zero-order valence-electron chi connectivity index (χ0n) is 15.3. The second kappa shape index (κ2) is 10.0. The Balaban J connectivity index is 1.34. The van der Waals surface area contributed by atoms with Gasteiger partial charge in [0.15, 0.2) is 5.11 Å². The van der Waals surface area contributed by atoms with Crippen molar-refractivity contribution in [3.8, 4) is 11.3 Å². The molecule has 0 bridgehead atoms. The second-order valence-corrected chi connectivity index (χ2v) is 7.05. The Bertz CT molecular complexity index is 725. The molecular formula is C19H26N6OS. The maximum absolute atomic E-state index is 12.2. The van der Waals surface area contributed by atoms with Crippen molar-refractivity contribution in [2.24, 2.45) is 0 Å². The number of benzene rings is 1. The lowest BCUT2D eigenvalue weighted by molar-refractivity contribution is 0.0943. The first-order chi connectivity index (χ1) is 13.2. The van der Waals surface area contributed by atoms with E-state index in [2.05, 4.69) is 31.3 Å². The lowest BCUT2D eigenvalue weighted by Crippen LogP contribution is -2.47. The van der Waals surface area contributed by atoms with Crippen LogP contribution in [0.1, 0.15) is 36.0 Å². The van der Waals surface area contributed by atoms with E-state index in [9.17, 15) is 4.79 Å². The Hall–Kier alpha value is -2.45. The number of piperidine rings is 1. The van der Waals surface area contributed by atoms with Gasteiger partial charge < -0.3 is 10.2 Å². The molecule has 1 fully saturated rings. The largest absolute Gasteiger partial charge is 0.361 e. The summed E-state index contributed by atoms with van der Waals surface area (Å²) in [6.45, 7) is 4.29. The van der Waals surface area contributed by atoms with Crippen LogP contribution in [0.25, 0.3) is 11.3 Å². The molecule has 0 spiro atoms. The molecule has 1 aromatic carbocycles. The van der Waals surface area contributed by atoms with Gasteiger partial charge in [0.25, 0.3) is 5.91 Å². The lowest BCUT2D eigenvalue weighted by Gasteiger charge is -2.26. The predicted octanol–water partition coefficient (Wildman–Crippen LogP) is 2.06. The molecule has 3 rings (SSSR count). The number of hydrogen-bond acceptors (Lipinski definition) is 4. The molecule has 0 radical (unpaired) electrons. The zero-order chi connectivity index (χ0) is 18.9. The fraction of sp³-hybridized carbons (Fsp3) is 0.421. The number of likely N-dealkylation sites (tertiary alicyclic amines) is 1. The van der Waals surface area contributed by atoms with Gasteiger partial charge in [0.05, 0.1) is 5.69 Å². The summed E-state index contributed by atoms with van der Waals surface area (Å²) >= 11 is 5.21. The number of amides is 1. The van der Waals surface area contributed by atoms with Crippen molar-refractivity contribution >= 4 is 23.2 Å². The van der Waals surface area contributed by atoms with Crippen molar-refractivity contribution in [3.05, 3.63) is 42.1 Å². The molecule has 7 nitrogen and oxygen atoms in total. The highest BCUT2D eigenvalue weighted by Crippen LogP contribution is 2.16. The van der Waals surface area contributed by atoms with Crippen LogP contribution in [0.5, 0.6) is 0 Å². The van der Waals surface area contributed by atoms with Crippen LogP contribution in [0.4, 0.5) is 0 Å². The maximum atomic E-state index is 12.2. The van der Waals surface area contributed by atoms with Crippen molar-refractivity contribution < 1.29 is 4.79 Å². The molecular weight excluding hydrogens is 360 g/mol. The van der Waals surface area contributed by atoms with E-state index in [0.29, 0.717) is 10.7 Å². The van der Waals surface area contributed by atoms with Crippen LogP contribution in [0.2, 0.25) is 0 Å². The Labute approximate surface area is 164 Å². The Kier molecular flexibility index (Phi) is 7.18. The van der Waals surface area contributed by atoms with Gasteiger partial charge in [0, 0.05) is 18.3 Å². The van der Waals surface area contributed by atoms with Crippen molar-refractivity contribution in [1.82, 2.24) is 31.3 Å². The molecule has 0 atom stereocenters. The standard InChI is InChI=1S/C19H26N6OS/c26-18(16-7-5-15(6-8-16)17-9-11-21-22-17)23-24-19(27)20-10-4-14-25-12-2-1-3-13-25/h5-9,11H,1-4,10,12-14H2,(H,21,22)(H,23,26)(H2,20,24,27). The summed E-state index contributed by atoms with van der Waals surface area (Å²) in [5, 5.41) is 10.4. The maximum Gasteiger partial charge on any atom is 0.269 e. The quantitative estimate of drug-likeness (QED) is 0.346. The van der Waals surface area contributed by atoms with E-state index in [1.54, 1.807) is 18.3 Å². The molecule has 1 aromatic heterocycles. The summed E-state index contributed by atoms with van der Waals surface area (Å²) in [6, 6.07) is 9.16. The number of hydrogen-bond donors (Lipinski definition) is 4. The first kappa shape index (κ1) is 19.3. The van der Waals surface area contributed by atoms with Gasteiger partial charge in [0.2, 0.25) is 0 Å². The van der Waals surface area contributed by atoms with Crippen LogP contribution in [-0.2, 0) is 0 Å². The predicted molar refractivity (Wildman–Crippen MR) is 110 cm³/mol. The van der Waals surface area contributed by atoms with Crippen LogP contribution in [0, 0.1) is 0 Å². The number of carbonyl (C=O) groups is 1. The first-order valence-corrected chi connectivity index (χ1v) is 9.79. The van der Waals surface area contributed by atoms with Gasteiger partial charge in [-0.05, 0) is 74.9 Å². The summed E-state index contributed by atoms with van der Waals surface area (Å²) in [5.74, 6) is -0.233. The summed E-state index contributed by atoms with van der Waals surface area (Å²) < 4.78 is 0. The van der Waals surface area contributed by atoms with E-state index < -0.39 is 0 Å². The molecule has 2 heterocycles. The van der Waals surface area contributed by atoms with E-state index in [4.69, 9.17) is 12.2 Å². The number of aromatic amines is 1. The minimum Gasteiger partial charge on any atom is -0.361 e. The van der Waals surface area contributed by atoms with Gasteiger partial charge in [-0.3, -0.25) is 20.7 Å². The molecule has 1 aliphatic heterocycles. The number of nitrogens with one attached hydrogen (secondary N) is 4. The monoisotopic (exact) mass is 386 g/mol. The van der Waals surface area contributed by atoms with Gasteiger partial charge in [0.1, 0.15) is 0 Å². The molecule has 1 amide bonds. The fourth-order valence-corrected chi connectivity index (χ4v) is 3.29. The normalized spacial score (nSPS) is 14.5. The molecule has 0 saturated carbocycles. The highest BCUT2D eigenvalue weighted by atomic mass is 32.1. The number of thiocarbonyl (C=S) groups is 1. The van der Waals surface area contributed by atoms with Crippen LogP contribution >= 0.6 is 12.2 Å². The molecule has 1 saturated heterocycles. The minimum absolute atomic E-state index is 0.233. The van der Waals surface area contributed by atoms with E-state index >= 15 is 0 Å². The van der Waals surface area contributed by atoms with E-state index in [-0.39, 0.29) is 5.91 Å². The number of aromatic nitrogens is 2. The van der Waals surface area contributed by atoms with Gasteiger partial charge in [-0.15, -0.1) is 0 Å². The Morgan fingerprint density at radius 1 is 1.11 bits per heavy atom. The second-order valence-electron chi connectivity index (χ2n) is 6.64. The number of nitrogens with zero attached hydrogens (tertiary/aromatic N) is 2. The topological polar surface area (TPSA) is 85.1 Å². The zero-order valence-corrected chi connectivity index (χ0v) is 16.1. The Morgan fingerprint density at radius 2 is 1.89 bits per heavy atom. The van der Waals surface area contributed by atoms with Crippen LogP contribution in [-0.4, -0.2) is 52.3 Å². The van der Waals surface area contributed by atoms with E-state index in [0.717, 1.165) is 30.8 Å². The fourth-order valence-electron chi connectivity index (χ4n) is 3.14. The van der Waals surface area contributed by atoms with Crippen molar-refractivity contribution in [2.45, 2.75) is 25.7 Å². The average molecular weight is 387 g/mol. The van der Waals surface area contributed by atoms with Crippen LogP contribution in [0.15, 0.2) is 36.5 Å². The Morgan fingerprint density at radius 3 is 2.59 bits per heavy atom. The van der Waals surface area contributed by atoms with Crippen LogP contribution in [0.3, 0.4) is 0 Å². The summed E-state index contributed by atoms with van der Waals surface area (Å²) in [6.07, 6.45) is 6.70. The number of rotatable bonds is 6. The van der Waals surface area contributed by atoms with E-state index in [1.807, 2.05) is 18.2 Å². The molecule has 27 heavy (non-hydrogen) atoms. The summed E-state index contributed by atoms with van der Waals surface area (Å²) in [4.78, 5) is 14.7. The number of carbonyl (C=O) groups excluding carboxylic acids is 1. The average Bonchev–Trinajstić information content (AvgIpc) is 3.25. The SMILES string of the molecule is O=C(NNC(=S)NCCCN1CCCCC1)c1ccc(-c2ccn[nH]2)cc1. The summed E-state index contributed by atoms with van der Waals surface area (Å²) in [7, 11) is 0. The van der Waals surface area contributed by atoms with Crippen molar-refractivity contribution in [2.75, 3.05) is 26.2 Å². The minimum atomic E-state index is -0.233. The molecule has 144 valence electrons. The molecule has 8 heteroatoms. The smallest absolute Gasteiger partial charge is 0.269 e. The first-order valence-electron chi connectivity index (χ1n) is 9.39. The highest BCUT2D eigenvalue weighted by Gasteiger charge is 2.09. The molecule has 0 unspecified atom stereocenters. The molecule has 1 aliphatic rings. The lowest BCUT2D eigenvalue weighted by atomic mass is 10.1. The van der Waals surface area contributed by atoms with Crippen molar-refractivity contribution in [3.63, 3.8) is 0 Å². The van der Waals surface area contributed by atoms with Crippen molar-refractivity contribution in [1.29, 1.82) is 0 Å². The third-order valence-electron chi connectivity index (χ3n) is 4.63. The summed E-state index contributed by atoms with van der Waals surface area (Å²) in [5.41, 5.74) is 7.81. The van der Waals surface area contributed by atoms with Gasteiger partial charge >= 0.3 is 0 Å². The highest BCUT2D eigenvalue weighted by molar-refractivity contribution is 7.80. The van der Waals surface area contributed by atoms with Gasteiger partial charge in [-0.1, -0.05) is 18.6 Å². The number of H-pyrrole nitrogens is 1.